The molecule has 0 radical (unpaired) electrons. The average molecular weight is 466 g/mol. The third-order valence-electron chi connectivity index (χ3n) is 4.94. The van der Waals surface area contributed by atoms with Crippen LogP contribution in [-0.2, 0) is 35.1 Å². The van der Waals surface area contributed by atoms with Gasteiger partial charge in [-0.2, -0.15) is 0 Å². The summed E-state index contributed by atoms with van der Waals surface area (Å²) < 4.78 is 20.0. The SMILES string of the molecule is COC(=O)[C@@H]1[C@@H](O)[C@H]([C@@H](NC(=O)OC(C)(C)C)C(=O)OC)CN1C(=O)OCc1ccccc1. The molecule has 2 rings (SSSR count). The van der Waals surface area contributed by atoms with Crippen LogP contribution in [0.2, 0.25) is 0 Å². The van der Waals surface area contributed by atoms with E-state index in [-0.39, 0.29) is 13.2 Å². The lowest BCUT2D eigenvalue weighted by atomic mass is 9.93. The van der Waals surface area contributed by atoms with Crippen molar-refractivity contribution in [3.63, 3.8) is 0 Å². The van der Waals surface area contributed by atoms with Gasteiger partial charge >= 0.3 is 24.1 Å². The van der Waals surface area contributed by atoms with Gasteiger partial charge in [-0.3, -0.25) is 4.90 Å². The zero-order valence-electron chi connectivity index (χ0n) is 19.3. The predicted molar refractivity (Wildman–Crippen MR) is 114 cm³/mol. The molecule has 1 aliphatic heterocycles. The van der Waals surface area contributed by atoms with Crippen molar-refractivity contribution >= 4 is 24.1 Å². The molecule has 33 heavy (non-hydrogen) atoms. The Hall–Kier alpha value is -3.34. The number of benzene rings is 1. The predicted octanol–water partition coefficient (Wildman–Crippen LogP) is 1.22. The molecule has 0 unspecified atom stereocenters. The van der Waals surface area contributed by atoms with E-state index < -0.39 is 53.8 Å². The maximum absolute atomic E-state index is 12.8. The number of aliphatic hydroxyl groups is 1. The van der Waals surface area contributed by atoms with Crippen molar-refractivity contribution in [3.8, 4) is 0 Å². The molecule has 1 saturated heterocycles. The van der Waals surface area contributed by atoms with E-state index >= 15 is 0 Å². The molecular formula is C22H30N2O9. The van der Waals surface area contributed by atoms with Gasteiger partial charge in [-0.1, -0.05) is 30.3 Å². The van der Waals surface area contributed by atoms with E-state index in [0.717, 1.165) is 24.7 Å². The molecule has 4 atom stereocenters. The lowest BCUT2D eigenvalue weighted by Gasteiger charge is -2.26. The van der Waals surface area contributed by atoms with E-state index in [4.69, 9.17) is 18.9 Å². The first-order valence-electron chi connectivity index (χ1n) is 10.3. The highest BCUT2D eigenvalue weighted by molar-refractivity contribution is 5.85. The summed E-state index contributed by atoms with van der Waals surface area (Å²) in [5.41, 5.74) is -0.128. The van der Waals surface area contributed by atoms with Gasteiger partial charge in [0.25, 0.3) is 0 Å². The molecule has 182 valence electrons. The zero-order chi connectivity index (χ0) is 24.8. The Morgan fingerprint density at radius 1 is 1.12 bits per heavy atom. The number of amides is 2. The van der Waals surface area contributed by atoms with Crippen molar-refractivity contribution < 1.29 is 43.2 Å². The summed E-state index contributed by atoms with van der Waals surface area (Å²) in [7, 11) is 2.21. The van der Waals surface area contributed by atoms with Gasteiger partial charge < -0.3 is 29.4 Å². The first kappa shape index (κ1) is 25.9. The Kier molecular flexibility index (Phi) is 8.63. The topological polar surface area (TPSA) is 141 Å². The molecule has 0 aromatic heterocycles. The summed E-state index contributed by atoms with van der Waals surface area (Å²) in [5, 5.41) is 13.2. The molecule has 1 fully saturated rings. The molecular weight excluding hydrogens is 436 g/mol. The number of hydrogen-bond acceptors (Lipinski definition) is 9. The van der Waals surface area contributed by atoms with Crippen LogP contribution < -0.4 is 5.32 Å². The molecule has 0 saturated carbocycles. The number of alkyl carbamates (subject to hydrolysis) is 1. The largest absolute Gasteiger partial charge is 0.467 e. The van der Waals surface area contributed by atoms with Crippen LogP contribution in [-0.4, -0.2) is 78.7 Å². The normalized spacial score (nSPS) is 21.0. The van der Waals surface area contributed by atoms with E-state index in [0.29, 0.717) is 0 Å². The van der Waals surface area contributed by atoms with E-state index in [1.165, 1.54) is 0 Å². The van der Waals surface area contributed by atoms with Gasteiger partial charge in [0, 0.05) is 12.5 Å². The smallest absolute Gasteiger partial charge is 0.410 e. The number of carbonyl (C=O) groups excluding carboxylic acids is 4. The maximum Gasteiger partial charge on any atom is 0.410 e. The molecule has 0 bridgehead atoms. The van der Waals surface area contributed by atoms with Crippen LogP contribution >= 0.6 is 0 Å². The van der Waals surface area contributed by atoms with Gasteiger partial charge in [-0.25, -0.2) is 19.2 Å². The molecule has 0 aliphatic carbocycles. The third kappa shape index (κ3) is 6.82. The van der Waals surface area contributed by atoms with Crippen molar-refractivity contribution in [2.24, 2.45) is 5.92 Å². The Morgan fingerprint density at radius 2 is 1.76 bits per heavy atom. The number of hydrogen-bond donors (Lipinski definition) is 2. The van der Waals surface area contributed by atoms with Gasteiger partial charge in [0.1, 0.15) is 18.2 Å². The van der Waals surface area contributed by atoms with Crippen LogP contribution in [0.3, 0.4) is 0 Å². The molecule has 2 amide bonds. The maximum atomic E-state index is 12.8. The molecule has 11 heteroatoms. The van der Waals surface area contributed by atoms with Crippen molar-refractivity contribution in [1.82, 2.24) is 10.2 Å². The van der Waals surface area contributed by atoms with Crippen LogP contribution in [0.15, 0.2) is 30.3 Å². The van der Waals surface area contributed by atoms with Gasteiger partial charge in [0.15, 0.2) is 6.04 Å². The van der Waals surface area contributed by atoms with E-state index in [1.54, 1.807) is 45.0 Å². The Bertz CT molecular complexity index is 853. The Morgan fingerprint density at radius 3 is 2.30 bits per heavy atom. The van der Waals surface area contributed by atoms with Gasteiger partial charge in [-0.05, 0) is 26.3 Å². The fraction of sp³-hybridized carbons (Fsp3) is 0.545. The number of rotatable bonds is 6. The van der Waals surface area contributed by atoms with Crippen molar-refractivity contribution in [1.29, 1.82) is 0 Å². The minimum absolute atomic E-state index is 0.0680. The van der Waals surface area contributed by atoms with Crippen LogP contribution in [0.25, 0.3) is 0 Å². The summed E-state index contributed by atoms with van der Waals surface area (Å²) >= 11 is 0. The fourth-order valence-corrected chi connectivity index (χ4v) is 3.45. The van der Waals surface area contributed by atoms with E-state index in [9.17, 15) is 24.3 Å². The van der Waals surface area contributed by atoms with E-state index in [1.807, 2.05) is 6.07 Å². The molecule has 0 spiro atoms. The fourth-order valence-electron chi connectivity index (χ4n) is 3.45. The lowest BCUT2D eigenvalue weighted by Crippen LogP contribution is -2.52. The van der Waals surface area contributed by atoms with E-state index in [2.05, 4.69) is 5.32 Å². The van der Waals surface area contributed by atoms with Crippen LogP contribution in [0, 0.1) is 5.92 Å². The molecule has 1 aromatic rings. The first-order valence-corrected chi connectivity index (χ1v) is 10.3. The molecule has 11 nitrogen and oxygen atoms in total. The number of carbonyl (C=O) groups is 4. The highest BCUT2D eigenvalue weighted by atomic mass is 16.6. The molecule has 1 heterocycles. The summed E-state index contributed by atoms with van der Waals surface area (Å²) in [6, 6.07) is 6.02. The monoisotopic (exact) mass is 466 g/mol. The number of aliphatic hydroxyl groups excluding tert-OH is 1. The second kappa shape index (κ2) is 11.0. The Balaban J connectivity index is 2.24. The highest BCUT2D eigenvalue weighted by Crippen LogP contribution is 2.29. The number of methoxy groups -OCH3 is 2. The van der Waals surface area contributed by atoms with Crippen molar-refractivity contribution in [3.05, 3.63) is 35.9 Å². The third-order valence-corrected chi connectivity index (χ3v) is 4.94. The van der Waals surface area contributed by atoms with Gasteiger partial charge in [-0.15, -0.1) is 0 Å². The number of nitrogens with zero attached hydrogens (tertiary/aromatic N) is 1. The average Bonchev–Trinajstić information content (AvgIpc) is 3.11. The second-order valence-corrected chi connectivity index (χ2v) is 8.46. The molecule has 1 aromatic carbocycles. The second-order valence-electron chi connectivity index (χ2n) is 8.46. The Labute approximate surface area is 191 Å². The number of ether oxygens (including phenoxy) is 4. The van der Waals surface area contributed by atoms with Crippen LogP contribution in [0.5, 0.6) is 0 Å². The summed E-state index contributed by atoms with van der Waals surface area (Å²) in [4.78, 5) is 50.8. The quantitative estimate of drug-likeness (QED) is 0.468. The first-order chi connectivity index (χ1) is 15.5. The lowest BCUT2D eigenvalue weighted by molar-refractivity contribution is -0.150. The van der Waals surface area contributed by atoms with Crippen LogP contribution in [0.4, 0.5) is 9.59 Å². The highest BCUT2D eigenvalue weighted by Gasteiger charge is 2.53. The summed E-state index contributed by atoms with van der Waals surface area (Å²) in [6.07, 6.45) is -3.37. The zero-order valence-corrected chi connectivity index (χ0v) is 19.3. The van der Waals surface area contributed by atoms with Crippen molar-refractivity contribution in [2.75, 3.05) is 20.8 Å². The standard InChI is InChI=1S/C22H30N2O9/c1-22(2,3)33-20(28)23-15(18(26)30-4)14-11-24(16(17(14)25)19(27)31-5)21(29)32-12-13-9-7-6-8-10-13/h6-10,14-17,25H,11-12H2,1-5H3,(H,23,28)/t14-,15+,16-,17-/m0/s1. The summed E-state index contributed by atoms with van der Waals surface area (Å²) in [6.45, 7) is 4.57. The van der Waals surface area contributed by atoms with Gasteiger partial charge in [0.05, 0.1) is 20.3 Å². The van der Waals surface area contributed by atoms with Crippen molar-refractivity contribution in [2.45, 2.75) is 51.2 Å². The molecule has 2 N–H and O–H groups in total. The summed E-state index contributed by atoms with van der Waals surface area (Å²) in [5.74, 6) is -2.88. The molecule has 1 aliphatic rings. The minimum Gasteiger partial charge on any atom is -0.467 e. The number of esters is 2. The number of nitrogens with one attached hydrogen (secondary N) is 1. The number of likely N-dealkylation sites (tertiary alicyclic amines) is 1. The minimum atomic E-state index is -1.55. The van der Waals surface area contributed by atoms with Gasteiger partial charge in [0.2, 0.25) is 0 Å². The van der Waals surface area contributed by atoms with Crippen LogP contribution in [0.1, 0.15) is 26.3 Å².